The summed E-state index contributed by atoms with van der Waals surface area (Å²) in [6.45, 7) is 7.16. The van der Waals surface area contributed by atoms with Crippen molar-refractivity contribution >= 4 is 17.5 Å². The molecule has 0 spiro atoms. The molecule has 0 N–H and O–H groups in total. The number of likely N-dealkylation sites (tertiary alicyclic amines) is 1. The van der Waals surface area contributed by atoms with E-state index >= 15 is 0 Å². The van der Waals surface area contributed by atoms with Crippen LogP contribution in [0.3, 0.4) is 0 Å². The highest BCUT2D eigenvalue weighted by molar-refractivity contribution is 5.94. The summed E-state index contributed by atoms with van der Waals surface area (Å²) in [4.78, 5) is 25.9. The number of anilines is 1. The number of ether oxygens (including phenoxy) is 2. The van der Waals surface area contributed by atoms with Gasteiger partial charge in [-0.2, -0.15) is 15.1 Å². The predicted molar refractivity (Wildman–Crippen MR) is 140 cm³/mol. The fourth-order valence-electron chi connectivity index (χ4n) is 4.52. The largest absolute Gasteiger partial charge is 0.458 e. The molecule has 1 aromatic heterocycles. The first-order valence-electron chi connectivity index (χ1n) is 12.8. The van der Waals surface area contributed by atoms with Gasteiger partial charge in [0, 0.05) is 37.8 Å². The highest BCUT2D eigenvalue weighted by Crippen LogP contribution is 2.24. The van der Waals surface area contributed by atoms with Crippen molar-refractivity contribution in [3.8, 4) is 6.01 Å². The lowest BCUT2D eigenvalue weighted by atomic mass is 10.1. The number of azo groups is 1. The SMILES string of the molecule is Cc1cccc(CN=Nc2cc(N3CCOCC3)nc(OCc3cccc(C(=O)N4CCCC4)c3)n2)c1. The van der Waals surface area contributed by atoms with Crippen molar-refractivity contribution in [1.82, 2.24) is 14.9 Å². The Labute approximate surface area is 217 Å². The van der Waals surface area contributed by atoms with Crippen LogP contribution in [0.5, 0.6) is 6.01 Å². The van der Waals surface area contributed by atoms with Gasteiger partial charge in [-0.25, -0.2) is 0 Å². The summed E-state index contributed by atoms with van der Waals surface area (Å²) < 4.78 is 11.5. The Morgan fingerprint density at radius 2 is 1.76 bits per heavy atom. The minimum Gasteiger partial charge on any atom is -0.458 e. The van der Waals surface area contributed by atoms with Crippen molar-refractivity contribution in [2.75, 3.05) is 44.3 Å². The van der Waals surface area contributed by atoms with E-state index in [0.717, 1.165) is 56.0 Å². The molecule has 0 aliphatic carbocycles. The smallest absolute Gasteiger partial charge is 0.320 e. The first-order chi connectivity index (χ1) is 18.1. The zero-order valence-electron chi connectivity index (χ0n) is 21.2. The third kappa shape index (κ3) is 6.68. The van der Waals surface area contributed by atoms with Crippen LogP contribution in [0, 0.1) is 6.92 Å². The number of aromatic nitrogens is 2. The molecule has 192 valence electrons. The van der Waals surface area contributed by atoms with Crippen LogP contribution in [-0.4, -0.2) is 60.2 Å². The van der Waals surface area contributed by atoms with Gasteiger partial charge in [-0.15, -0.1) is 5.11 Å². The van der Waals surface area contributed by atoms with Crippen LogP contribution in [0.1, 0.15) is 39.9 Å². The predicted octanol–water partition coefficient (Wildman–Crippen LogP) is 4.72. The van der Waals surface area contributed by atoms with Crippen molar-refractivity contribution in [3.05, 3.63) is 76.9 Å². The Hall–Kier alpha value is -3.85. The second kappa shape index (κ2) is 11.9. The molecule has 3 heterocycles. The molecule has 0 radical (unpaired) electrons. The third-order valence-electron chi connectivity index (χ3n) is 6.46. The molecule has 0 atom stereocenters. The molecular weight excluding hydrogens is 468 g/mol. The topological polar surface area (TPSA) is 92.5 Å². The molecule has 2 aliphatic heterocycles. The lowest BCUT2D eigenvalue weighted by Crippen LogP contribution is -2.36. The van der Waals surface area contributed by atoms with Gasteiger partial charge in [0.25, 0.3) is 5.91 Å². The molecule has 1 amide bonds. The Balaban J connectivity index is 1.31. The average molecular weight is 501 g/mol. The highest BCUT2D eigenvalue weighted by atomic mass is 16.5. The van der Waals surface area contributed by atoms with E-state index in [0.29, 0.717) is 31.1 Å². The summed E-state index contributed by atoms with van der Waals surface area (Å²) in [5.74, 6) is 1.24. The Morgan fingerprint density at radius 1 is 0.973 bits per heavy atom. The van der Waals surface area contributed by atoms with Crippen LogP contribution in [0.15, 0.2) is 64.8 Å². The second-order valence-corrected chi connectivity index (χ2v) is 9.34. The molecule has 9 heteroatoms. The van der Waals surface area contributed by atoms with Crippen LogP contribution in [0.4, 0.5) is 11.6 Å². The minimum absolute atomic E-state index is 0.0706. The van der Waals surface area contributed by atoms with Crippen molar-refractivity contribution in [2.24, 2.45) is 10.2 Å². The number of morpholine rings is 1. The van der Waals surface area contributed by atoms with Crippen molar-refractivity contribution < 1.29 is 14.3 Å². The van der Waals surface area contributed by atoms with E-state index in [1.807, 2.05) is 47.4 Å². The lowest BCUT2D eigenvalue weighted by Gasteiger charge is -2.27. The summed E-state index contributed by atoms with van der Waals surface area (Å²) in [7, 11) is 0. The maximum atomic E-state index is 12.8. The number of carbonyl (C=O) groups excluding carboxylic acids is 1. The number of carbonyl (C=O) groups is 1. The van der Waals surface area contributed by atoms with Crippen LogP contribution in [0.2, 0.25) is 0 Å². The zero-order valence-corrected chi connectivity index (χ0v) is 21.2. The average Bonchev–Trinajstić information content (AvgIpc) is 3.47. The van der Waals surface area contributed by atoms with Crippen LogP contribution in [0.25, 0.3) is 0 Å². The summed E-state index contributed by atoms with van der Waals surface area (Å²) in [5.41, 5.74) is 3.84. The van der Waals surface area contributed by atoms with Gasteiger partial charge in [0.2, 0.25) is 0 Å². The number of amides is 1. The Morgan fingerprint density at radius 3 is 2.57 bits per heavy atom. The van der Waals surface area contributed by atoms with E-state index in [-0.39, 0.29) is 18.5 Å². The summed E-state index contributed by atoms with van der Waals surface area (Å²) in [6, 6.07) is 17.8. The standard InChI is InChI=1S/C28H32N6O3/c1-21-6-4-7-22(16-21)19-29-32-25-18-26(33-12-14-36-15-13-33)31-28(30-25)37-20-23-8-5-9-24(17-23)27(35)34-10-2-3-11-34/h4-9,16-18H,2-3,10-15,19-20H2,1H3. The lowest BCUT2D eigenvalue weighted by molar-refractivity contribution is 0.0792. The van der Waals surface area contributed by atoms with E-state index in [9.17, 15) is 4.79 Å². The second-order valence-electron chi connectivity index (χ2n) is 9.34. The Kier molecular flexibility index (Phi) is 8.00. The molecule has 3 aromatic rings. The number of benzene rings is 2. The number of rotatable bonds is 8. The molecule has 2 fully saturated rings. The van der Waals surface area contributed by atoms with E-state index in [1.165, 1.54) is 5.56 Å². The molecule has 37 heavy (non-hydrogen) atoms. The molecule has 5 rings (SSSR count). The highest BCUT2D eigenvalue weighted by Gasteiger charge is 2.20. The van der Waals surface area contributed by atoms with Gasteiger partial charge < -0.3 is 19.3 Å². The van der Waals surface area contributed by atoms with Gasteiger partial charge in [-0.1, -0.05) is 42.0 Å². The summed E-state index contributed by atoms with van der Waals surface area (Å²) >= 11 is 0. The van der Waals surface area contributed by atoms with Crippen molar-refractivity contribution in [3.63, 3.8) is 0 Å². The summed E-state index contributed by atoms with van der Waals surface area (Å²) in [5, 5.41) is 8.73. The van der Waals surface area contributed by atoms with Gasteiger partial charge >= 0.3 is 6.01 Å². The number of hydrogen-bond acceptors (Lipinski definition) is 8. The maximum absolute atomic E-state index is 12.8. The molecule has 0 saturated carbocycles. The molecule has 2 aliphatic rings. The normalized spacial score (nSPS) is 15.9. The van der Waals surface area contributed by atoms with E-state index in [2.05, 4.69) is 44.2 Å². The van der Waals surface area contributed by atoms with E-state index in [1.54, 1.807) is 0 Å². The van der Waals surface area contributed by atoms with Crippen molar-refractivity contribution in [2.45, 2.75) is 32.9 Å². The first kappa shape index (κ1) is 24.8. The van der Waals surface area contributed by atoms with E-state index in [4.69, 9.17) is 9.47 Å². The summed E-state index contributed by atoms with van der Waals surface area (Å²) in [6.07, 6.45) is 2.13. The van der Waals surface area contributed by atoms with Gasteiger partial charge in [0.1, 0.15) is 12.4 Å². The third-order valence-corrected chi connectivity index (χ3v) is 6.46. The van der Waals surface area contributed by atoms with Gasteiger partial charge in [-0.3, -0.25) is 4.79 Å². The fourth-order valence-corrected chi connectivity index (χ4v) is 4.52. The van der Waals surface area contributed by atoms with E-state index < -0.39 is 0 Å². The van der Waals surface area contributed by atoms with Crippen LogP contribution < -0.4 is 9.64 Å². The Bertz CT molecular complexity index is 1250. The molecule has 2 aromatic carbocycles. The molecule has 0 bridgehead atoms. The number of aryl methyl sites for hydroxylation is 1. The first-order valence-corrected chi connectivity index (χ1v) is 12.8. The van der Waals surface area contributed by atoms with Gasteiger partial charge in [-0.05, 0) is 43.0 Å². The number of hydrogen-bond donors (Lipinski definition) is 0. The quantitative estimate of drug-likeness (QED) is 0.416. The zero-order chi connectivity index (χ0) is 25.5. The monoisotopic (exact) mass is 500 g/mol. The molecule has 0 unspecified atom stereocenters. The fraction of sp³-hybridized carbons (Fsp3) is 0.393. The molecular formula is C28H32N6O3. The van der Waals surface area contributed by atoms with Gasteiger partial charge in [0.15, 0.2) is 5.82 Å². The molecule has 2 saturated heterocycles. The molecule has 9 nitrogen and oxygen atoms in total. The van der Waals surface area contributed by atoms with Crippen LogP contribution in [-0.2, 0) is 17.9 Å². The van der Waals surface area contributed by atoms with Crippen LogP contribution >= 0.6 is 0 Å². The minimum atomic E-state index is 0.0706. The maximum Gasteiger partial charge on any atom is 0.320 e. The van der Waals surface area contributed by atoms with Crippen molar-refractivity contribution in [1.29, 1.82) is 0 Å². The van der Waals surface area contributed by atoms with Gasteiger partial charge in [0.05, 0.1) is 19.8 Å². The number of nitrogens with zero attached hydrogens (tertiary/aromatic N) is 6.